The number of benzene rings is 2. The SMILES string of the molecule is Cc1cc(C)nc(SCc2ccccc2C(=O)Nc2ccc3c(c2)OCO3)n1. The lowest BCUT2D eigenvalue weighted by Crippen LogP contribution is -2.14. The summed E-state index contributed by atoms with van der Waals surface area (Å²) in [5.74, 6) is 1.75. The third-order valence-electron chi connectivity index (χ3n) is 4.21. The zero-order valence-corrected chi connectivity index (χ0v) is 16.4. The van der Waals surface area contributed by atoms with E-state index in [4.69, 9.17) is 9.47 Å². The van der Waals surface area contributed by atoms with Gasteiger partial charge in [0.15, 0.2) is 16.7 Å². The van der Waals surface area contributed by atoms with Crippen molar-refractivity contribution in [2.45, 2.75) is 24.8 Å². The summed E-state index contributed by atoms with van der Waals surface area (Å²) in [6.45, 7) is 4.10. The van der Waals surface area contributed by atoms with Gasteiger partial charge in [-0.05, 0) is 43.7 Å². The summed E-state index contributed by atoms with van der Waals surface area (Å²) in [6, 6.07) is 14.8. The van der Waals surface area contributed by atoms with Crippen LogP contribution in [0.25, 0.3) is 0 Å². The summed E-state index contributed by atoms with van der Waals surface area (Å²) < 4.78 is 10.7. The number of nitrogens with one attached hydrogen (secondary N) is 1. The van der Waals surface area contributed by atoms with Crippen LogP contribution in [0.15, 0.2) is 53.7 Å². The molecule has 6 nitrogen and oxygen atoms in total. The lowest BCUT2D eigenvalue weighted by atomic mass is 10.1. The van der Waals surface area contributed by atoms with E-state index in [1.165, 1.54) is 11.8 Å². The van der Waals surface area contributed by atoms with Crippen molar-refractivity contribution >= 4 is 23.4 Å². The van der Waals surface area contributed by atoms with Crippen molar-refractivity contribution < 1.29 is 14.3 Å². The van der Waals surface area contributed by atoms with Crippen LogP contribution in [0.5, 0.6) is 11.5 Å². The third kappa shape index (κ3) is 4.09. The second-order valence-electron chi connectivity index (χ2n) is 6.40. The average molecular weight is 393 g/mol. The standard InChI is InChI=1S/C21H19N3O3S/c1-13-9-14(2)23-21(22-13)28-11-15-5-3-4-6-17(15)20(25)24-16-7-8-18-19(10-16)27-12-26-18/h3-10H,11-12H2,1-2H3,(H,24,25). The molecular weight excluding hydrogens is 374 g/mol. The van der Waals surface area contributed by atoms with E-state index in [2.05, 4.69) is 15.3 Å². The van der Waals surface area contributed by atoms with E-state index in [-0.39, 0.29) is 12.7 Å². The molecule has 0 fully saturated rings. The first-order valence-corrected chi connectivity index (χ1v) is 9.81. The van der Waals surface area contributed by atoms with Gasteiger partial charge in [-0.3, -0.25) is 4.79 Å². The monoisotopic (exact) mass is 393 g/mol. The number of fused-ring (bicyclic) bond motifs is 1. The summed E-state index contributed by atoms with van der Waals surface area (Å²) in [7, 11) is 0. The number of aryl methyl sites for hydroxylation is 2. The number of amides is 1. The van der Waals surface area contributed by atoms with Gasteiger partial charge in [-0.25, -0.2) is 9.97 Å². The molecule has 4 rings (SSSR count). The Kier molecular flexibility index (Phi) is 5.16. The van der Waals surface area contributed by atoms with Crippen molar-refractivity contribution in [3.05, 3.63) is 71.0 Å². The zero-order valence-electron chi connectivity index (χ0n) is 15.6. The maximum atomic E-state index is 12.8. The first-order valence-electron chi connectivity index (χ1n) is 8.82. The molecule has 2 aromatic carbocycles. The van der Waals surface area contributed by atoms with Crippen molar-refractivity contribution in [2.75, 3.05) is 12.1 Å². The fourth-order valence-electron chi connectivity index (χ4n) is 2.94. The first kappa shape index (κ1) is 18.3. The minimum Gasteiger partial charge on any atom is -0.454 e. The highest BCUT2D eigenvalue weighted by Gasteiger charge is 2.16. The fourth-order valence-corrected chi connectivity index (χ4v) is 3.89. The van der Waals surface area contributed by atoms with Crippen molar-refractivity contribution in [3.8, 4) is 11.5 Å². The highest BCUT2D eigenvalue weighted by molar-refractivity contribution is 7.98. The van der Waals surface area contributed by atoms with E-state index >= 15 is 0 Å². The van der Waals surface area contributed by atoms with Gasteiger partial charge in [0.2, 0.25) is 6.79 Å². The van der Waals surface area contributed by atoms with Crippen LogP contribution in [0.2, 0.25) is 0 Å². The number of nitrogens with zero attached hydrogens (tertiary/aromatic N) is 2. The highest BCUT2D eigenvalue weighted by Crippen LogP contribution is 2.34. The van der Waals surface area contributed by atoms with Gasteiger partial charge < -0.3 is 14.8 Å². The number of aromatic nitrogens is 2. The van der Waals surface area contributed by atoms with Gasteiger partial charge in [0.1, 0.15) is 0 Å². The summed E-state index contributed by atoms with van der Waals surface area (Å²) in [6.07, 6.45) is 0. The number of hydrogen-bond donors (Lipinski definition) is 1. The third-order valence-corrected chi connectivity index (χ3v) is 5.11. The predicted molar refractivity (Wildman–Crippen MR) is 108 cm³/mol. The number of carbonyl (C=O) groups excluding carboxylic acids is 1. The van der Waals surface area contributed by atoms with Crippen LogP contribution < -0.4 is 14.8 Å². The second-order valence-corrected chi connectivity index (χ2v) is 7.34. The highest BCUT2D eigenvalue weighted by atomic mass is 32.2. The Labute approximate surface area is 167 Å². The topological polar surface area (TPSA) is 73.3 Å². The van der Waals surface area contributed by atoms with Gasteiger partial charge in [-0.15, -0.1) is 0 Å². The molecule has 7 heteroatoms. The lowest BCUT2D eigenvalue weighted by Gasteiger charge is -2.10. The van der Waals surface area contributed by atoms with E-state index in [0.717, 1.165) is 17.0 Å². The van der Waals surface area contributed by atoms with Crippen molar-refractivity contribution in [1.82, 2.24) is 9.97 Å². The van der Waals surface area contributed by atoms with Gasteiger partial charge in [0.05, 0.1) is 0 Å². The Morgan fingerprint density at radius 1 is 1.04 bits per heavy atom. The molecule has 0 spiro atoms. The molecule has 0 saturated heterocycles. The molecule has 28 heavy (non-hydrogen) atoms. The van der Waals surface area contributed by atoms with Crippen LogP contribution in [-0.2, 0) is 5.75 Å². The zero-order chi connectivity index (χ0) is 19.5. The Morgan fingerprint density at radius 2 is 1.79 bits per heavy atom. The Balaban J connectivity index is 1.49. The van der Waals surface area contributed by atoms with Gasteiger partial charge in [0.25, 0.3) is 5.91 Å². The summed E-state index contributed by atoms with van der Waals surface area (Å²) >= 11 is 1.52. The van der Waals surface area contributed by atoms with Gasteiger partial charge in [-0.1, -0.05) is 30.0 Å². The minimum absolute atomic E-state index is 0.170. The number of carbonyl (C=O) groups is 1. The molecule has 0 radical (unpaired) electrons. The molecule has 1 N–H and O–H groups in total. The van der Waals surface area contributed by atoms with Crippen LogP contribution in [-0.4, -0.2) is 22.7 Å². The molecule has 2 heterocycles. The summed E-state index contributed by atoms with van der Waals surface area (Å²) in [5, 5.41) is 3.64. The number of hydrogen-bond acceptors (Lipinski definition) is 6. The Hall–Kier alpha value is -3.06. The van der Waals surface area contributed by atoms with Crippen LogP contribution in [0.3, 0.4) is 0 Å². The summed E-state index contributed by atoms with van der Waals surface area (Å²) in [4.78, 5) is 21.7. The molecule has 3 aromatic rings. The lowest BCUT2D eigenvalue weighted by molar-refractivity contribution is 0.102. The van der Waals surface area contributed by atoms with Crippen molar-refractivity contribution in [2.24, 2.45) is 0 Å². The number of ether oxygens (including phenoxy) is 2. The molecule has 0 atom stereocenters. The van der Waals surface area contributed by atoms with Gasteiger partial charge in [-0.2, -0.15) is 0 Å². The predicted octanol–water partition coefficient (Wildman–Crippen LogP) is 4.37. The van der Waals surface area contributed by atoms with Crippen LogP contribution in [0.1, 0.15) is 27.3 Å². The van der Waals surface area contributed by atoms with Gasteiger partial charge in [0, 0.05) is 34.5 Å². The number of anilines is 1. The maximum absolute atomic E-state index is 12.8. The van der Waals surface area contributed by atoms with Crippen molar-refractivity contribution in [3.63, 3.8) is 0 Å². The molecule has 0 bridgehead atoms. The first-order chi connectivity index (χ1) is 13.6. The Morgan fingerprint density at radius 3 is 2.61 bits per heavy atom. The van der Waals surface area contributed by atoms with Crippen molar-refractivity contribution in [1.29, 1.82) is 0 Å². The van der Waals surface area contributed by atoms with Crippen LogP contribution >= 0.6 is 11.8 Å². The van der Waals surface area contributed by atoms with Gasteiger partial charge >= 0.3 is 0 Å². The normalized spacial score (nSPS) is 12.1. The van der Waals surface area contributed by atoms with E-state index in [1.807, 2.05) is 44.2 Å². The van der Waals surface area contributed by atoms with E-state index in [9.17, 15) is 4.79 Å². The largest absolute Gasteiger partial charge is 0.454 e. The van der Waals surface area contributed by atoms with E-state index < -0.39 is 0 Å². The molecule has 0 saturated carbocycles. The number of thioether (sulfide) groups is 1. The Bertz CT molecular complexity index is 1020. The fraction of sp³-hybridized carbons (Fsp3) is 0.190. The van der Waals surface area contributed by atoms with E-state index in [1.54, 1.807) is 18.2 Å². The molecule has 142 valence electrons. The summed E-state index contributed by atoms with van der Waals surface area (Å²) in [5.41, 5.74) is 4.08. The molecule has 0 unspecified atom stereocenters. The molecule has 0 aliphatic carbocycles. The average Bonchev–Trinajstić information content (AvgIpc) is 3.13. The van der Waals surface area contributed by atoms with Crippen LogP contribution in [0.4, 0.5) is 5.69 Å². The molecule has 1 aliphatic heterocycles. The number of rotatable bonds is 5. The molecular formula is C21H19N3O3S. The second kappa shape index (κ2) is 7.90. The van der Waals surface area contributed by atoms with Crippen LogP contribution in [0, 0.1) is 13.8 Å². The maximum Gasteiger partial charge on any atom is 0.255 e. The molecule has 1 aromatic heterocycles. The molecule has 1 aliphatic rings. The van der Waals surface area contributed by atoms with E-state index in [0.29, 0.717) is 33.7 Å². The quantitative estimate of drug-likeness (QED) is 0.513. The smallest absolute Gasteiger partial charge is 0.255 e. The minimum atomic E-state index is -0.170. The molecule has 1 amide bonds.